The molecule has 0 aliphatic carbocycles. The van der Waals surface area contributed by atoms with Crippen LogP contribution in [-0.4, -0.2) is 28.1 Å². The van der Waals surface area contributed by atoms with E-state index in [4.69, 9.17) is 14.6 Å². The summed E-state index contributed by atoms with van der Waals surface area (Å²) >= 11 is 0. The maximum Gasteiger partial charge on any atom is 0.416 e. The van der Waals surface area contributed by atoms with Crippen LogP contribution in [0.15, 0.2) is 72.8 Å². The molecule has 3 aromatic rings. The smallest absolute Gasteiger partial charge is 0.416 e. The first-order valence-electron chi connectivity index (χ1n) is 10.8. The van der Waals surface area contributed by atoms with Crippen LogP contribution in [0.3, 0.4) is 0 Å². The molecule has 1 heterocycles. The summed E-state index contributed by atoms with van der Waals surface area (Å²) < 4.78 is 51.7. The van der Waals surface area contributed by atoms with Crippen molar-refractivity contribution in [2.45, 2.75) is 38.2 Å². The molecule has 2 atom stereocenters. The lowest BCUT2D eigenvalue weighted by Crippen LogP contribution is -2.31. The maximum absolute atomic E-state index is 13.4. The number of carbonyl (C=O) groups excluding carboxylic acids is 1. The molecule has 0 bridgehead atoms. The van der Waals surface area contributed by atoms with Crippen LogP contribution in [0, 0.1) is 0 Å². The van der Waals surface area contributed by atoms with E-state index in [1.54, 1.807) is 25.1 Å². The molecule has 35 heavy (non-hydrogen) atoms. The van der Waals surface area contributed by atoms with Gasteiger partial charge in [0.2, 0.25) is 0 Å². The lowest BCUT2D eigenvalue weighted by atomic mass is 10.0. The summed E-state index contributed by atoms with van der Waals surface area (Å²) in [4.78, 5) is 25.0. The Balaban J connectivity index is 1.64. The van der Waals surface area contributed by atoms with Gasteiger partial charge in [-0.15, -0.1) is 0 Å². The molecule has 1 amide bonds. The minimum Gasteiger partial charge on any atom is -0.481 e. The highest BCUT2D eigenvalue weighted by atomic mass is 19.4. The third-order valence-corrected chi connectivity index (χ3v) is 5.73. The monoisotopic (exact) mass is 485 g/mol. The third-order valence-electron chi connectivity index (χ3n) is 5.73. The molecule has 1 aliphatic heterocycles. The molecule has 9 heteroatoms. The molecule has 182 valence electrons. The van der Waals surface area contributed by atoms with E-state index in [0.717, 1.165) is 17.7 Å². The standard InChI is InChI=1S/C26H22F3NO5/c1-16-24(18-7-3-2-4-8-18)35-25(33)30(16)15-19-14-20(26(27,28)29)10-11-22(19)34-21-9-5-6-17(12-21)13-23(31)32/h2-12,14,16,24H,13,15H2,1H3,(H,31,32). The molecule has 6 nitrogen and oxygen atoms in total. The Labute approximate surface area is 199 Å². The molecule has 0 radical (unpaired) electrons. The third kappa shape index (κ3) is 5.56. The van der Waals surface area contributed by atoms with E-state index >= 15 is 0 Å². The highest BCUT2D eigenvalue weighted by Crippen LogP contribution is 2.38. The van der Waals surface area contributed by atoms with E-state index in [2.05, 4.69) is 0 Å². The van der Waals surface area contributed by atoms with Crippen LogP contribution in [0.25, 0.3) is 0 Å². The van der Waals surface area contributed by atoms with Gasteiger partial charge in [-0.1, -0.05) is 42.5 Å². The fraction of sp³-hybridized carbons (Fsp3) is 0.231. The fourth-order valence-electron chi connectivity index (χ4n) is 3.99. The predicted molar refractivity (Wildman–Crippen MR) is 120 cm³/mol. The second-order valence-corrected chi connectivity index (χ2v) is 8.22. The summed E-state index contributed by atoms with van der Waals surface area (Å²) in [7, 11) is 0. The van der Waals surface area contributed by atoms with Crippen molar-refractivity contribution in [3.05, 3.63) is 95.1 Å². The number of benzene rings is 3. The molecule has 1 saturated heterocycles. The Kier molecular flexibility index (Phi) is 6.68. The van der Waals surface area contributed by atoms with Crippen molar-refractivity contribution in [3.8, 4) is 11.5 Å². The molecule has 1 fully saturated rings. The highest BCUT2D eigenvalue weighted by molar-refractivity contribution is 5.71. The number of carboxylic acids is 1. The number of rotatable bonds is 7. The quantitative estimate of drug-likeness (QED) is 0.431. The van der Waals surface area contributed by atoms with Crippen molar-refractivity contribution in [1.82, 2.24) is 4.90 Å². The largest absolute Gasteiger partial charge is 0.481 e. The second kappa shape index (κ2) is 9.69. The molecule has 0 aromatic heterocycles. The first kappa shape index (κ1) is 24.1. The summed E-state index contributed by atoms with van der Waals surface area (Å²) in [5, 5.41) is 9.01. The lowest BCUT2D eigenvalue weighted by molar-refractivity contribution is -0.138. The highest BCUT2D eigenvalue weighted by Gasteiger charge is 2.40. The van der Waals surface area contributed by atoms with Crippen LogP contribution in [0.1, 0.15) is 35.3 Å². The van der Waals surface area contributed by atoms with Crippen LogP contribution < -0.4 is 4.74 Å². The fourth-order valence-corrected chi connectivity index (χ4v) is 3.99. The average molecular weight is 485 g/mol. The predicted octanol–water partition coefficient (Wildman–Crippen LogP) is 6.21. The van der Waals surface area contributed by atoms with Crippen LogP contribution in [0.5, 0.6) is 11.5 Å². The van der Waals surface area contributed by atoms with Crippen molar-refractivity contribution < 1.29 is 37.3 Å². The van der Waals surface area contributed by atoms with Crippen molar-refractivity contribution in [3.63, 3.8) is 0 Å². The Morgan fingerprint density at radius 3 is 2.49 bits per heavy atom. The Hall–Kier alpha value is -4.01. The molecule has 4 rings (SSSR count). The van der Waals surface area contributed by atoms with Crippen LogP contribution >= 0.6 is 0 Å². The van der Waals surface area contributed by atoms with Crippen LogP contribution in [0.4, 0.5) is 18.0 Å². The van der Waals surface area contributed by atoms with Crippen LogP contribution in [-0.2, 0) is 28.7 Å². The summed E-state index contributed by atoms with van der Waals surface area (Å²) in [5.41, 5.74) is 0.526. The molecular formula is C26H22F3NO5. The number of halogens is 3. The molecule has 0 saturated carbocycles. The van der Waals surface area contributed by atoms with Gasteiger partial charge in [0.25, 0.3) is 0 Å². The molecule has 1 aliphatic rings. The van der Waals surface area contributed by atoms with E-state index in [1.165, 1.54) is 17.0 Å². The topological polar surface area (TPSA) is 76.1 Å². The minimum absolute atomic E-state index is 0.119. The van der Waals surface area contributed by atoms with Gasteiger partial charge in [0.05, 0.1) is 24.6 Å². The number of aliphatic carboxylic acids is 1. The molecule has 3 aromatic carbocycles. The van der Waals surface area contributed by atoms with Gasteiger partial charge in [-0.25, -0.2) is 4.79 Å². The zero-order chi connectivity index (χ0) is 25.2. The zero-order valence-corrected chi connectivity index (χ0v) is 18.7. The van der Waals surface area contributed by atoms with E-state index in [1.807, 2.05) is 30.3 Å². The summed E-state index contributed by atoms with van der Waals surface area (Å²) in [6.07, 6.45) is -6.02. The van der Waals surface area contributed by atoms with E-state index in [9.17, 15) is 22.8 Å². The Morgan fingerprint density at radius 1 is 1.06 bits per heavy atom. The maximum atomic E-state index is 13.4. The summed E-state index contributed by atoms with van der Waals surface area (Å²) in [6.45, 7) is 1.60. The zero-order valence-electron chi connectivity index (χ0n) is 18.7. The van der Waals surface area contributed by atoms with Crippen LogP contribution in [0.2, 0.25) is 0 Å². The number of amides is 1. The van der Waals surface area contributed by atoms with Gasteiger partial charge in [0, 0.05) is 5.56 Å². The molecule has 2 unspecified atom stereocenters. The number of carbonyl (C=O) groups is 2. The number of cyclic esters (lactones) is 1. The van der Waals surface area contributed by atoms with Gasteiger partial charge in [-0.05, 0) is 48.4 Å². The molecular weight excluding hydrogens is 463 g/mol. The minimum atomic E-state index is -4.58. The SMILES string of the molecule is CC1C(c2ccccc2)OC(=O)N1Cc1cc(C(F)(F)F)ccc1Oc1cccc(CC(=O)O)c1. The van der Waals surface area contributed by atoms with E-state index in [-0.39, 0.29) is 30.0 Å². The number of ether oxygens (including phenoxy) is 2. The van der Waals surface area contributed by atoms with Crippen molar-refractivity contribution in [2.75, 3.05) is 0 Å². The number of hydrogen-bond donors (Lipinski definition) is 1. The Morgan fingerprint density at radius 2 is 1.80 bits per heavy atom. The summed E-state index contributed by atoms with van der Waals surface area (Å²) in [5.74, 6) is -0.635. The Bertz CT molecular complexity index is 1230. The van der Waals surface area contributed by atoms with E-state index in [0.29, 0.717) is 5.56 Å². The van der Waals surface area contributed by atoms with Crippen molar-refractivity contribution >= 4 is 12.1 Å². The lowest BCUT2D eigenvalue weighted by Gasteiger charge is -2.23. The summed E-state index contributed by atoms with van der Waals surface area (Å²) in [6, 6.07) is 18.0. The normalized spacial score (nSPS) is 17.8. The number of hydrogen-bond acceptors (Lipinski definition) is 4. The van der Waals surface area contributed by atoms with E-state index < -0.39 is 35.9 Å². The van der Waals surface area contributed by atoms with Gasteiger partial charge in [-0.3, -0.25) is 9.69 Å². The van der Waals surface area contributed by atoms with Gasteiger partial charge in [0.15, 0.2) is 0 Å². The van der Waals surface area contributed by atoms with Gasteiger partial charge < -0.3 is 14.6 Å². The first-order valence-corrected chi connectivity index (χ1v) is 10.8. The second-order valence-electron chi connectivity index (χ2n) is 8.22. The number of carboxylic acid groups (broad SMARTS) is 1. The number of alkyl halides is 3. The van der Waals surface area contributed by atoms with Gasteiger partial charge in [-0.2, -0.15) is 13.2 Å². The van der Waals surface area contributed by atoms with Gasteiger partial charge >= 0.3 is 18.2 Å². The molecule has 0 spiro atoms. The number of nitrogens with zero attached hydrogens (tertiary/aromatic N) is 1. The molecule has 1 N–H and O–H groups in total. The van der Waals surface area contributed by atoms with Crippen molar-refractivity contribution in [1.29, 1.82) is 0 Å². The van der Waals surface area contributed by atoms with Crippen molar-refractivity contribution in [2.24, 2.45) is 0 Å². The van der Waals surface area contributed by atoms with Gasteiger partial charge in [0.1, 0.15) is 17.6 Å². The first-order chi connectivity index (χ1) is 16.6. The average Bonchev–Trinajstić information content (AvgIpc) is 3.08.